The molecule has 2 unspecified atom stereocenters. The highest BCUT2D eigenvalue weighted by Gasteiger charge is 2.40. The summed E-state index contributed by atoms with van der Waals surface area (Å²) < 4.78 is 27.1. The summed E-state index contributed by atoms with van der Waals surface area (Å²) in [7, 11) is 2.82. The fourth-order valence-corrected chi connectivity index (χ4v) is 13.0. The summed E-state index contributed by atoms with van der Waals surface area (Å²) in [6, 6.07) is 6.41. The number of imide groups is 2. The molecule has 37 heteroatoms. The van der Waals surface area contributed by atoms with E-state index in [4.69, 9.17) is 35.2 Å². The molecule has 2 aromatic rings. The van der Waals surface area contributed by atoms with Crippen LogP contribution in [-0.4, -0.2) is 200 Å². The highest BCUT2D eigenvalue weighted by molar-refractivity contribution is 8.00. The standard InChI is InChI=1S/C38H57N7O12S.C38H56N6O11/c1-23(2)34(43-25(4)48)29(49)17-26(11-10-14-41-37(39)53)35(51)44-28-13-12-27(20-56-38(54)40-5)30(18-28)55-16-9-7-6-8-15-45-33(50)19-31(36(45)52)58-21-32(57-22-46)42-24(3)47;1-23(2)34(42-25(4)45)31(48)19-26(10-9-16-41-37(39)52)35(50)43-28-14-13-27(21-55-38(53)40-5)32(20-28)54-22-30(47)12-8-6-7-11-29(46)15-17-44-33(49)18-24(3)36(44)51/h12-13,18,22-23,26,31-32,34H,6-11,14-17,19-21H2,1-5H3,(H,40,54)(H,42,47)(H,43,48)(H,44,51)(H3,39,41,53);13-14,20,23-24,26,34H,6-12,15-19,21-22H2,1-5H3,(H,40,53)(H,42,45)(H,43,50)(H3,39,41,52)/t26-,31?,32-,34+;24?,26-,34+/m11/s1. The molecule has 2 aromatic carbocycles. The number of nitrogens with two attached hydrogens (primary N) is 2. The molecule has 0 saturated carbocycles. The van der Waals surface area contributed by atoms with Crippen molar-refractivity contribution in [3.63, 3.8) is 0 Å². The van der Waals surface area contributed by atoms with Crippen molar-refractivity contribution in [1.29, 1.82) is 0 Å². The van der Waals surface area contributed by atoms with Crippen LogP contribution in [0.3, 0.4) is 0 Å². The lowest BCUT2D eigenvalue weighted by Gasteiger charge is -2.23. The summed E-state index contributed by atoms with van der Waals surface area (Å²) in [6.45, 7) is 13.3. The number of alkyl carbamates (subject to hydrolysis) is 2. The topological polar surface area (TPSA) is 520 Å². The number of likely N-dealkylation sites (tertiary alicyclic amines) is 2. The van der Waals surface area contributed by atoms with E-state index in [9.17, 15) is 86.3 Å². The second-order valence-corrected chi connectivity index (χ2v) is 29.2. The zero-order chi connectivity index (χ0) is 84.3. The van der Waals surface area contributed by atoms with E-state index in [-0.39, 0.29) is 210 Å². The molecule has 0 spiro atoms. The number of carbonyl (C=O) groups is 18. The van der Waals surface area contributed by atoms with Crippen LogP contribution in [0.25, 0.3) is 0 Å². The van der Waals surface area contributed by atoms with E-state index in [2.05, 4.69) is 47.9 Å². The molecule has 4 rings (SSSR count). The fraction of sp³-hybridized carbons (Fsp3) is 0.605. The smallest absolute Gasteiger partial charge is 0.407 e. The van der Waals surface area contributed by atoms with Crippen LogP contribution in [-0.2, 0) is 94.5 Å². The maximum absolute atomic E-state index is 13.6. The first-order chi connectivity index (χ1) is 53.6. The summed E-state index contributed by atoms with van der Waals surface area (Å²) in [4.78, 5) is 222. The molecule has 2 heterocycles. The monoisotopic (exact) mass is 1610 g/mol. The van der Waals surface area contributed by atoms with Gasteiger partial charge < -0.3 is 83.0 Å². The van der Waals surface area contributed by atoms with E-state index >= 15 is 0 Å². The Bertz CT molecular complexity index is 3630. The third kappa shape index (κ3) is 37.4. The number of benzene rings is 2. The highest BCUT2D eigenvalue weighted by atomic mass is 32.2. The number of amides is 15. The molecule has 2 saturated heterocycles. The Kier molecular flexibility index (Phi) is 44.2. The Morgan fingerprint density at radius 1 is 0.558 bits per heavy atom. The van der Waals surface area contributed by atoms with Gasteiger partial charge >= 0.3 is 24.2 Å². The first-order valence-electron chi connectivity index (χ1n) is 37.8. The average Bonchev–Trinajstić information content (AvgIpc) is 1.76. The van der Waals surface area contributed by atoms with Crippen LogP contribution in [0, 0.1) is 29.6 Å². The summed E-state index contributed by atoms with van der Waals surface area (Å²) in [6.07, 6.45) is 3.51. The summed E-state index contributed by atoms with van der Waals surface area (Å²) in [5, 5.41) is 22.4. The minimum atomic E-state index is -0.913. The normalized spacial score (nSPS) is 15.0. The van der Waals surface area contributed by atoms with Crippen molar-refractivity contribution in [2.75, 3.05) is 69.9 Å². The van der Waals surface area contributed by atoms with Crippen LogP contribution in [0.5, 0.6) is 11.5 Å². The van der Waals surface area contributed by atoms with Crippen molar-refractivity contribution in [2.45, 2.75) is 208 Å². The molecule has 13 N–H and O–H groups in total. The first-order valence-corrected chi connectivity index (χ1v) is 38.8. The lowest BCUT2D eigenvalue weighted by Crippen LogP contribution is -2.44. The number of Topliss-reactive ketones (excluding diaryl/α,β-unsaturated/α-hetero) is 4. The van der Waals surface area contributed by atoms with E-state index < -0.39 is 77.4 Å². The van der Waals surface area contributed by atoms with Gasteiger partial charge in [0.2, 0.25) is 53.2 Å². The Hall–Kier alpha value is -10.8. The lowest BCUT2D eigenvalue weighted by molar-refractivity contribution is -0.140. The number of primary amides is 2. The minimum absolute atomic E-state index is 0.0150. The Balaban J connectivity index is 0.000000586. The van der Waals surface area contributed by atoms with Gasteiger partial charge in [-0.25, -0.2) is 19.2 Å². The first kappa shape index (κ1) is 96.4. The average molecular weight is 1610 g/mol. The molecule has 113 heavy (non-hydrogen) atoms. The lowest BCUT2D eigenvalue weighted by atomic mass is 9.89. The number of urea groups is 2. The van der Waals surface area contributed by atoms with Gasteiger partial charge in [-0.3, -0.25) is 76.9 Å². The fourth-order valence-electron chi connectivity index (χ4n) is 11.9. The second kappa shape index (κ2) is 51.7. The van der Waals surface area contributed by atoms with Gasteiger partial charge in [-0.1, -0.05) is 53.9 Å². The van der Waals surface area contributed by atoms with Gasteiger partial charge in [-0.15, -0.1) is 11.8 Å². The van der Waals surface area contributed by atoms with Crippen molar-refractivity contribution in [3.8, 4) is 11.5 Å². The quantitative estimate of drug-likeness (QED) is 0.0136. The predicted molar refractivity (Wildman–Crippen MR) is 413 cm³/mol. The zero-order valence-electron chi connectivity index (χ0n) is 66.2. The minimum Gasteiger partial charge on any atom is -0.493 e. The molecular weight excluding hydrogens is 1490 g/mol. The number of anilines is 2. The van der Waals surface area contributed by atoms with Gasteiger partial charge in [0.25, 0.3) is 6.47 Å². The maximum Gasteiger partial charge on any atom is 0.407 e. The van der Waals surface area contributed by atoms with E-state index in [0.29, 0.717) is 80.4 Å². The number of ether oxygens (including phenoxy) is 5. The van der Waals surface area contributed by atoms with E-state index in [1.54, 1.807) is 65.0 Å². The number of thioether (sulfide) groups is 1. The Labute approximate surface area is 662 Å². The molecular formula is C76H113N13O23S. The molecule has 2 aliphatic rings. The molecule has 0 aliphatic carbocycles. The van der Waals surface area contributed by atoms with Crippen LogP contribution >= 0.6 is 11.8 Å². The van der Waals surface area contributed by atoms with Crippen molar-refractivity contribution in [1.82, 2.24) is 47.0 Å². The summed E-state index contributed by atoms with van der Waals surface area (Å²) in [5.41, 5.74) is 11.9. The molecule has 36 nitrogen and oxygen atoms in total. The number of nitrogens with one attached hydrogen (secondary N) is 9. The highest BCUT2D eigenvalue weighted by Crippen LogP contribution is 2.31. The maximum atomic E-state index is 13.6. The number of unbranched alkanes of at least 4 members (excludes halogenated alkanes) is 5. The zero-order valence-corrected chi connectivity index (χ0v) is 67.0. The Morgan fingerprint density at radius 3 is 1.47 bits per heavy atom. The van der Waals surface area contributed by atoms with Crippen LogP contribution in [0.2, 0.25) is 0 Å². The number of hydrogen-bond acceptors (Lipinski definition) is 24. The van der Waals surface area contributed by atoms with E-state index in [1.807, 2.05) is 0 Å². The van der Waals surface area contributed by atoms with Crippen LogP contribution < -0.4 is 68.8 Å². The number of ketones is 4. The van der Waals surface area contributed by atoms with Gasteiger partial charge in [0.15, 0.2) is 23.6 Å². The van der Waals surface area contributed by atoms with Gasteiger partial charge in [0.05, 0.1) is 29.7 Å². The Morgan fingerprint density at radius 2 is 1.02 bits per heavy atom. The summed E-state index contributed by atoms with van der Waals surface area (Å²) >= 11 is 1.14. The number of nitrogens with zero attached hydrogens (tertiary/aromatic N) is 2. The molecule has 7 atom stereocenters. The molecule has 626 valence electrons. The largest absolute Gasteiger partial charge is 0.493 e. The second-order valence-electron chi connectivity index (χ2n) is 28.0. The van der Waals surface area contributed by atoms with Crippen LogP contribution in [0.4, 0.5) is 30.6 Å². The van der Waals surface area contributed by atoms with E-state index in [1.165, 1.54) is 45.8 Å². The number of rotatable bonds is 52. The van der Waals surface area contributed by atoms with Crippen LogP contribution in [0.15, 0.2) is 36.4 Å². The van der Waals surface area contributed by atoms with Gasteiger partial charge in [-0.2, -0.15) is 0 Å². The molecule has 2 aliphatic heterocycles. The van der Waals surface area contributed by atoms with Crippen molar-refractivity contribution in [2.24, 2.45) is 41.1 Å². The van der Waals surface area contributed by atoms with Gasteiger partial charge in [0.1, 0.15) is 37.1 Å². The predicted octanol–water partition coefficient (Wildman–Crippen LogP) is 5.02. The molecule has 0 radical (unpaired) electrons. The number of carbonyl (C=O) groups excluding carboxylic acids is 18. The molecule has 0 aromatic heterocycles. The van der Waals surface area contributed by atoms with Gasteiger partial charge in [-0.05, 0) is 87.5 Å². The third-order valence-corrected chi connectivity index (χ3v) is 19.2. The summed E-state index contributed by atoms with van der Waals surface area (Å²) in [5.74, 6) is -5.95. The van der Waals surface area contributed by atoms with Gasteiger partial charge in [0, 0.05) is 158 Å². The van der Waals surface area contributed by atoms with Crippen molar-refractivity contribution >= 4 is 130 Å². The number of hydrogen-bond donors (Lipinski definition) is 11. The van der Waals surface area contributed by atoms with Crippen molar-refractivity contribution < 1.29 is 110 Å². The molecule has 15 amide bonds. The third-order valence-electron chi connectivity index (χ3n) is 17.9. The molecule has 0 bridgehead atoms. The SMILES string of the molecule is CNC(=O)OCc1ccc(NC(=O)[C@H](CCCNC(N)=O)CC(=O)[C@@H](NC(C)=O)C(C)C)cc1OCC(=O)CCCCCC(=O)CCN1C(=O)CC(C)C1=O.CNC(=O)OCc1ccc(NC(=O)[C@H](CCCNC(N)=O)CC(=O)[C@@H](NC(C)=O)C(C)C)cc1OCCCCCCN1C(=O)CC(SC[C@H](NC(C)=O)OC=O)C1=O. The van der Waals surface area contributed by atoms with Crippen LogP contribution in [0.1, 0.15) is 182 Å². The molecule has 2 fully saturated rings. The van der Waals surface area contributed by atoms with Crippen molar-refractivity contribution in [3.05, 3.63) is 47.5 Å². The van der Waals surface area contributed by atoms with E-state index in [0.717, 1.165) is 16.7 Å².